The average Bonchev–Trinajstić information content (AvgIpc) is 2.48. The van der Waals surface area contributed by atoms with Crippen molar-refractivity contribution in [3.63, 3.8) is 0 Å². The highest BCUT2D eigenvalue weighted by molar-refractivity contribution is 7.79. The molecule has 0 unspecified atom stereocenters. The lowest BCUT2D eigenvalue weighted by molar-refractivity contribution is 1.48. The van der Waals surface area contributed by atoms with Gasteiger partial charge < -0.3 is 0 Å². The molecule has 0 N–H and O–H groups in total. The number of aryl methyl sites for hydroxylation is 3. The van der Waals surface area contributed by atoms with Gasteiger partial charge in [-0.2, -0.15) is 0 Å². The Balaban J connectivity index is 2.18. The summed E-state index contributed by atoms with van der Waals surface area (Å²) in [6, 6.07) is 27.0. The van der Waals surface area contributed by atoms with Gasteiger partial charge in [0.25, 0.3) is 0 Å². The van der Waals surface area contributed by atoms with Gasteiger partial charge in [0.15, 0.2) is 0 Å². The first-order valence-electron chi connectivity index (χ1n) is 7.71. The summed E-state index contributed by atoms with van der Waals surface area (Å²) in [7, 11) is -0.944. The molecule has 0 nitrogen and oxygen atoms in total. The zero-order valence-corrected chi connectivity index (χ0v) is 14.4. The molecule has 1 heteroatoms. The smallest absolute Gasteiger partial charge is 0.0590 e. The van der Waals surface area contributed by atoms with Crippen molar-refractivity contribution < 1.29 is 0 Å². The fraction of sp³-hybridized carbons (Fsp3) is 0.143. The third-order valence-electron chi connectivity index (χ3n) is 3.92. The Morgan fingerprint density at radius 2 is 0.818 bits per heavy atom. The second-order valence-electron chi connectivity index (χ2n) is 5.98. The van der Waals surface area contributed by atoms with E-state index in [0.717, 1.165) is 0 Å². The normalized spacial score (nSPS) is 10.9. The summed E-state index contributed by atoms with van der Waals surface area (Å²) >= 11 is 0. The van der Waals surface area contributed by atoms with Crippen molar-refractivity contribution in [2.24, 2.45) is 0 Å². The van der Waals surface area contributed by atoms with E-state index in [0.29, 0.717) is 0 Å². The summed E-state index contributed by atoms with van der Waals surface area (Å²) in [5.41, 5.74) is 4.00. The van der Waals surface area contributed by atoms with Gasteiger partial charge in [0, 0.05) is 0 Å². The van der Waals surface area contributed by atoms with E-state index in [4.69, 9.17) is 0 Å². The number of benzene rings is 3. The summed E-state index contributed by atoms with van der Waals surface area (Å²) in [5, 5.41) is 4.38. The van der Waals surface area contributed by atoms with Crippen LogP contribution in [0.2, 0.25) is 0 Å². The summed E-state index contributed by atoms with van der Waals surface area (Å²) in [6.45, 7) is 6.53. The first-order valence-corrected chi connectivity index (χ1v) is 9.21. The monoisotopic (exact) mass is 305 g/mol. The quantitative estimate of drug-likeness (QED) is 0.639. The maximum atomic E-state index is 2.35. The lowest BCUT2D eigenvalue weighted by Gasteiger charge is -2.12. The van der Waals surface area contributed by atoms with Crippen molar-refractivity contribution in [1.82, 2.24) is 0 Å². The van der Waals surface area contributed by atoms with Gasteiger partial charge in [0.1, 0.15) is 15.9 Å². The van der Waals surface area contributed by atoms with Crippen LogP contribution in [0.15, 0.2) is 72.8 Å². The molecule has 3 aromatic carbocycles. The molecule has 110 valence electrons. The molecule has 0 bridgehead atoms. The van der Waals surface area contributed by atoms with E-state index in [9.17, 15) is 0 Å². The Morgan fingerprint density at radius 1 is 0.500 bits per heavy atom. The van der Waals surface area contributed by atoms with Gasteiger partial charge in [-0.15, -0.1) is 0 Å². The van der Waals surface area contributed by atoms with Gasteiger partial charge in [-0.3, -0.25) is 0 Å². The van der Waals surface area contributed by atoms with E-state index in [1.54, 1.807) is 0 Å². The van der Waals surface area contributed by atoms with Gasteiger partial charge in [-0.25, -0.2) is 0 Å². The van der Waals surface area contributed by atoms with Gasteiger partial charge in [-0.05, 0) is 73.9 Å². The number of hydrogen-bond acceptors (Lipinski definition) is 0. The zero-order valence-electron chi connectivity index (χ0n) is 13.4. The minimum atomic E-state index is -0.944. The maximum absolute atomic E-state index is 2.35. The molecule has 0 spiro atoms. The zero-order chi connectivity index (χ0) is 15.5. The molecule has 22 heavy (non-hydrogen) atoms. The predicted molar refractivity (Wildman–Crippen MR) is 101 cm³/mol. The van der Waals surface area contributed by atoms with Crippen LogP contribution in [-0.2, 0) is 0 Å². The third kappa shape index (κ3) is 3.29. The first kappa shape index (κ1) is 15.0. The van der Waals surface area contributed by atoms with Crippen LogP contribution in [0.5, 0.6) is 0 Å². The molecule has 0 saturated carbocycles. The van der Waals surface area contributed by atoms with Crippen LogP contribution >= 0.6 is 7.92 Å². The Labute approximate surface area is 134 Å². The van der Waals surface area contributed by atoms with Crippen molar-refractivity contribution >= 4 is 23.8 Å². The van der Waals surface area contributed by atoms with Crippen molar-refractivity contribution in [3.8, 4) is 0 Å². The van der Waals surface area contributed by atoms with Crippen LogP contribution in [0, 0.1) is 20.8 Å². The number of hydrogen-bond donors (Lipinski definition) is 0. The minimum Gasteiger partial charge on any atom is -0.0590 e. The summed E-state index contributed by atoms with van der Waals surface area (Å²) in [5.74, 6) is 0. The average molecular weight is 305 g/mol. The van der Waals surface area contributed by atoms with Crippen molar-refractivity contribution in [2.45, 2.75) is 20.8 Å². The van der Waals surface area contributed by atoms with Crippen LogP contribution in [0.1, 0.15) is 16.7 Å². The Morgan fingerprint density at radius 3 is 1.09 bits per heavy atom. The van der Waals surface area contributed by atoms with E-state index in [1.165, 1.54) is 32.6 Å². The van der Waals surface area contributed by atoms with Crippen LogP contribution in [0.4, 0.5) is 0 Å². The largest absolute Gasteiger partial charge is 0.102 e. The Bertz CT molecular complexity index is 681. The fourth-order valence-corrected chi connectivity index (χ4v) is 5.81. The second kappa shape index (κ2) is 6.46. The first-order chi connectivity index (χ1) is 10.6. The van der Waals surface area contributed by atoms with Crippen LogP contribution in [-0.4, -0.2) is 0 Å². The molecule has 0 atom stereocenters. The van der Waals surface area contributed by atoms with Crippen molar-refractivity contribution in [3.05, 3.63) is 89.5 Å². The van der Waals surface area contributed by atoms with Gasteiger partial charge >= 0.3 is 0 Å². The van der Waals surface area contributed by atoms with Gasteiger partial charge in [0.05, 0.1) is 7.92 Å². The molecule has 0 aliphatic carbocycles. The Kier molecular flexibility index (Phi) is 4.41. The summed E-state index contributed by atoms with van der Waals surface area (Å²) < 4.78 is 0. The molecule has 0 aliphatic rings. The van der Waals surface area contributed by atoms with E-state index in [2.05, 4.69) is 93.6 Å². The third-order valence-corrected chi connectivity index (χ3v) is 6.59. The molecule has 3 rings (SSSR count). The van der Waals surface area contributed by atoms with E-state index in [1.807, 2.05) is 0 Å². The standard InChI is InChI=1S/C21H21P/c1-16-7-4-10-19(13-16)22(20-11-5-8-17(2)14-20)21-12-6-9-18(3)15-21/h4-15H,1-3H3/p+1. The molecule has 0 heterocycles. The van der Waals surface area contributed by atoms with Crippen molar-refractivity contribution in [2.75, 3.05) is 0 Å². The fourth-order valence-electron chi connectivity index (χ4n) is 2.90. The molecule has 0 aliphatic heterocycles. The maximum Gasteiger partial charge on any atom is 0.102 e. The highest BCUT2D eigenvalue weighted by Gasteiger charge is 2.25. The molecular formula is C21H22P+. The number of rotatable bonds is 3. The van der Waals surface area contributed by atoms with Crippen LogP contribution in [0.3, 0.4) is 0 Å². The molecule has 0 fully saturated rings. The van der Waals surface area contributed by atoms with Gasteiger partial charge in [0.2, 0.25) is 0 Å². The molecular weight excluding hydrogens is 283 g/mol. The minimum absolute atomic E-state index is 0.944. The topological polar surface area (TPSA) is 0 Å². The summed E-state index contributed by atoms with van der Waals surface area (Å²) in [6.07, 6.45) is 0. The van der Waals surface area contributed by atoms with Crippen molar-refractivity contribution in [1.29, 1.82) is 0 Å². The molecule has 3 aromatic rings. The highest BCUT2D eigenvalue weighted by Crippen LogP contribution is 2.33. The second-order valence-corrected chi connectivity index (χ2v) is 8.47. The van der Waals surface area contributed by atoms with Crippen LogP contribution in [0.25, 0.3) is 0 Å². The summed E-state index contributed by atoms with van der Waals surface area (Å²) in [4.78, 5) is 0. The molecule has 0 saturated heterocycles. The molecule has 0 amide bonds. The lowest BCUT2D eigenvalue weighted by Crippen LogP contribution is -2.21. The predicted octanol–water partition coefficient (Wildman–Crippen LogP) is 4.10. The molecule has 0 aromatic heterocycles. The van der Waals surface area contributed by atoms with E-state index in [-0.39, 0.29) is 0 Å². The molecule has 0 radical (unpaired) electrons. The highest BCUT2D eigenvalue weighted by atomic mass is 31.1. The SMILES string of the molecule is Cc1cccc([PH+](c2cccc(C)c2)c2cccc(C)c2)c1. The van der Waals surface area contributed by atoms with Crippen LogP contribution < -0.4 is 15.9 Å². The lowest BCUT2D eigenvalue weighted by atomic mass is 10.2. The van der Waals surface area contributed by atoms with E-state index >= 15 is 0 Å². The van der Waals surface area contributed by atoms with Gasteiger partial charge in [-0.1, -0.05) is 36.4 Å². The van der Waals surface area contributed by atoms with E-state index < -0.39 is 7.92 Å². The Hall–Kier alpha value is -1.91.